The molecular formula is C15H25ClN4. The minimum Gasteiger partial charge on any atom is -0.353 e. The van der Waals surface area contributed by atoms with Gasteiger partial charge >= 0.3 is 0 Å². The van der Waals surface area contributed by atoms with Crippen LogP contribution in [0.4, 0.5) is 5.82 Å². The number of likely N-dealkylation sites (N-methyl/N-ethyl adjacent to an activating group) is 1. The van der Waals surface area contributed by atoms with E-state index in [-0.39, 0.29) is 0 Å². The second-order valence-electron chi connectivity index (χ2n) is 5.35. The van der Waals surface area contributed by atoms with Gasteiger partial charge in [0, 0.05) is 38.4 Å². The number of nitrogens with zero attached hydrogens (tertiary/aromatic N) is 3. The van der Waals surface area contributed by atoms with Gasteiger partial charge in [0.25, 0.3) is 0 Å². The molecule has 1 saturated heterocycles. The summed E-state index contributed by atoms with van der Waals surface area (Å²) in [4.78, 5) is 9.37. The van der Waals surface area contributed by atoms with Crippen LogP contribution in [0.1, 0.15) is 26.3 Å². The average Bonchev–Trinajstić information content (AvgIpc) is 2.45. The van der Waals surface area contributed by atoms with Gasteiger partial charge in [0.15, 0.2) is 0 Å². The van der Waals surface area contributed by atoms with E-state index in [1.807, 2.05) is 12.3 Å². The molecule has 112 valence electrons. The number of hydrogen-bond donors (Lipinski definition) is 1. The molecule has 20 heavy (non-hydrogen) atoms. The van der Waals surface area contributed by atoms with Crippen LogP contribution in [0.15, 0.2) is 12.3 Å². The maximum atomic E-state index is 6.41. The number of pyridine rings is 1. The number of aromatic nitrogens is 1. The Morgan fingerprint density at radius 3 is 2.80 bits per heavy atom. The first-order chi connectivity index (χ1) is 9.65. The zero-order valence-corrected chi connectivity index (χ0v) is 13.5. The van der Waals surface area contributed by atoms with Crippen molar-refractivity contribution in [2.24, 2.45) is 0 Å². The molecule has 0 amide bonds. The maximum absolute atomic E-state index is 6.41. The van der Waals surface area contributed by atoms with E-state index in [0.29, 0.717) is 6.04 Å². The standard InChI is InChI=1S/C15H25ClN4/c1-4-17-9-13-8-14(16)15(18-10-13)20-7-6-19(5-2)12(3)11-20/h8,10,12,17H,4-7,9,11H2,1-3H3. The third kappa shape index (κ3) is 3.62. The van der Waals surface area contributed by atoms with Crippen molar-refractivity contribution in [1.82, 2.24) is 15.2 Å². The molecule has 1 aliphatic heterocycles. The summed E-state index contributed by atoms with van der Waals surface area (Å²) in [6, 6.07) is 2.58. The number of hydrogen-bond acceptors (Lipinski definition) is 4. The number of nitrogens with one attached hydrogen (secondary N) is 1. The number of anilines is 1. The minimum absolute atomic E-state index is 0.549. The summed E-state index contributed by atoms with van der Waals surface area (Å²) < 4.78 is 0. The summed E-state index contributed by atoms with van der Waals surface area (Å²) in [5.74, 6) is 0.925. The van der Waals surface area contributed by atoms with Crippen LogP contribution < -0.4 is 10.2 Å². The quantitative estimate of drug-likeness (QED) is 0.904. The monoisotopic (exact) mass is 296 g/mol. The molecule has 0 aromatic carbocycles. The topological polar surface area (TPSA) is 31.4 Å². The van der Waals surface area contributed by atoms with Crippen molar-refractivity contribution in [3.8, 4) is 0 Å². The summed E-state index contributed by atoms with van der Waals surface area (Å²) in [6.45, 7) is 12.5. The van der Waals surface area contributed by atoms with Gasteiger partial charge in [-0.2, -0.15) is 0 Å². The minimum atomic E-state index is 0.549. The van der Waals surface area contributed by atoms with E-state index < -0.39 is 0 Å². The largest absolute Gasteiger partial charge is 0.353 e. The van der Waals surface area contributed by atoms with E-state index in [2.05, 4.69) is 40.9 Å². The van der Waals surface area contributed by atoms with Gasteiger partial charge in [-0.25, -0.2) is 4.98 Å². The number of halogens is 1. The zero-order chi connectivity index (χ0) is 14.5. The van der Waals surface area contributed by atoms with Gasteiger partial charge in [0.05, 0.1) is 5.02 Å². The molecule has 1 fully saturated rings. The van der Waals surface area contributed by atoms with Crippen LogP contribution in [0, 0.1) is 0 Å². The highest BCUT2D eigenvalue weighted by Crippen LogP contribution is 2.26. The first-order valence-corrected chi connectivity index (χ1v) is 7.87. The fourth-order valence-electron chi connectivity index (χ4n) is 2.73. The van der Waals surface area contributed by atoms with Crippen molar-refractivity contribution < 1.29 is 0 Å². The lowest BCUT2D eigenvalue weighted by molar-refractivity contribution is 0.199. The SMILES string of the molecule is CCNCc1cnc(N2CCN(CC)C(C)C2)c(Cl)c1. The summed E-state index contributed by atoms with van der Waals surface area (Å²) in [7, 11) is 0. The molecular weight excluding hydrogens is 272 g/mol. The smallest absolute Gasteiger partial charge is 0.147 e. The van der Waals surface area contributed by atoms with E-state index >= 15 is 0 Å². The average molecular weight is 297 g/mol. The molecule has 1 N–H and O–H groups in total. The lowest BCUT2D eigenvalue weighted by Gasteiger charge is -2.40. The van der Waals surface area contributed by atoms with E-state index in [4.69, 9.17) is 11.6 Å². The third-order valence-electron chi connectivity index (χ3n) is 3.93. The number of piperazine rings is 1. The maximum Gasteiger partial charge on any atom is 0.147 e. The molecule has 0 bridgehead atoms. The van der Waals surface area contributed by atoms with Gasteiger partial charge in [0.1, 0.15) is 5.82 Å². The van der Waals surface area contributed by atoms with Gasteiger partial charge < -0.3 is 10.2 Å². The van der Waals surface area contributed by atoms with Crippen LogP contribution in [0.25, 0.3) is 0 Å². The van der Waals surface area contributed by atoms with Crippen molar-refractivity contribution in [2.45, 2.75) is 33.4 Å². The molecule has 1 atom stereocenters. The van der Waals surface area contributed by atoms with Crippen molar-refractivity contribution in [1.29, 1.82) is 0 Å². The Labute approximate surface area is 127 Å². The van der Waals surface area contributed by atoms with E-state index in [9.17, 15) is 0 Å². The van der Waals surface area contributed by atoms with Gasteiger partial charge in [-0.1, -0.05) is 25.4 Å². The van der Waals surface area contributed by atoms with Crippen LogP contribution in [-0.2, 0) is 6.54 Å². The molecule has 1 aromatic heterocycles. The molecule has 5 heteroatoms. The van der Waals surface area contributed by atoms with Crippen molar-refractivity contribution in [2.75, 3.05) is 37.6 Å². The van der Waals surface area contributed by atoms with Crippen molar-refractivity contribution >= 4 is 17.4 Å². The number of rotatable bonds is 5. The lowest BCUT2D eigenvalue weighted by Crippen LogP contribution is -2.52. The fourth-order valence-corrected chi connectivity index (χ4v) is 3.03. The van der Waals surface area contributed by atoms with Gasteiger partial charge in [-0.3, -0.25) is 4.90 Å². The van der Waals surface area contributed by atoms with Crippen LogP contribution >= 0.6 is 11.6 Å². The first kappa shape index (κ1) is 15.5. The second-order valence-corrected chi connectivity index (χ2v) is 5.76. The highest BCUT2D eigenvalue weighted by molar-refractivity contribution is 6.33. The third-order valence-corrected chi connectivity index (χ3v) is 4.21. The van der Waals surface area contributed by atoms with E-state index in [1.54, 1.807) is 0 Å². The fraction of sp³-hybridized carbons (Fsp3) is 0.667. The van der Waals surface area contributed by atoms with Crippen LogP contribution in [0.3, 0.4) is 0 Å². The molecule has 2 rings (SSSR count). The summed E-state index contributed by atoms with van der Waals surface area (Å²) in [5.41, 5.74) is 1.14. The Morgan fingerprint density at radius 1 is 1.40 bits per heavy atom. The van der Waals surface area contributed by atoms with Gasteiger partial charge in [-0.15, -0.1) is 0 Å². The summed E-state index contributed by atoms with van der Waals surface area (Å²) in [6.07, 6.45) is 1.93. The Hall–Kier alpha value is -0.840. The molecule has 1 unspecified atom stereocenters. The Morgan fingerprint density at radius 2 is 2.20 bits per heavy atom. The molecule has 1 aromatic rings. The molecule has 4 nitrogen and oxygen atoms in total. The molecule has 1 aliphatic rings. The normalized spacial score (nSPS) is 20.4. The Bertz CT molecular complexity index is 438. The van der Waals surface area contributed by atoms with Gasteiger partial charge in [-0.05, 0) is 31.6 Å². The Balaban J connectivity index is 2.06. The van der Waals surface area contributed by atoms with Gasteiger partial charge in [0.2, 0.25) is 0 Å². The van der Waals surface area contributed by atoms with E-state index in [0.717, 1.165) is 55.7 Å². The van der Waals surface area contributed by atoms with Crippen LogP contribution in [0.5, 0.6) is 0 Å². The van der Waals surface area contributed by atoms with Crippen LogP contribution in [-0.4, -0.2) is 48.6 Å². The summed E-state index contributed by atoms with van der Waals surface area (Å²) >= 11 is 6.41. The lowest BCUT2D eigenvalue weighted by atomic mass is 10.2. The van der Waals surface area contributed by atoms with Crippen molar-refractivity contribution in [3.63, 3.8) is 0 Å². The molecule has 0 radical (unpaired) electrons. The zero-order valence-electron chi connectivity index (χ0n) is 12.7. The molecule has 0 aliphatic carbocycles. The molecule has 0 spiro atoms. The highest BCUT2D eigenvalue weighted by Gasteiger charge is 2.24. The Kier molecular flexibility index (Phi) is 5.64. The predicted octanol–water partition coefficient (Wildman–Crippen LogP) is 2.37. The van der Waals surface area contributed by atoms with Crippen LogP contribution in [0.2, 0.25) is 5.02 Å². The first-order valence-electron chi connectivity index (χ1n) is 7.49. The predicted molar refractivity (Wildman–Crippen MR) is 85.5 cm³/mol. The molecule has 2 heterocycles. The van der Waals surface area contributed by atoms with Crippen molar-refractivity contribution in [3.05, 3.63) is 22.8 Å². The molecule has 0 saturated carbocycles. The summed E-state index contributed by atoms with van der Waals surface area (Å²) in [5, 5.41) is 4.05. The highest BCUT2D eigenvalue weighted by atomic mass is 35.5. The second kappa shape index (κ2) is 7.25. The van der Waals surface area contributed by atoms with E-state index in [1.165, 1.54) is 0 Å².